The molecule has 178 valence electrons. The summed E-state index contributed by atoms with van der Waals surface area (Å²) < 4.78 is 11.1. The topological polar surface area (TPSA) is 80.7 Å². The van der Waals surface area contributed by atoms with E-state index in [9.17, 15) is 9.90 Å². The second-order valence-corrected chi connectivity index (χ2v) is 12.0. The Morgan fingerprint density at radius 1 is 1.06 bits per heavy atom. The van der Waals surface area contributed by atoms with Crippen LogP contribution in [0.15, 0.2) is 30.3 Å². The van der Waals surface area contributed by atoms with Crippen LogP contribution in [0.4, 0.5) is 5.82 Å². The van der Waals surface area contributed by atoms with Crippen LogP contribution < -0.4 is 14.8 Å². The molecule has 4 rings (SSSR count). The summed E-state index contributed by atoms with van der Waals surface area (Å²) in [6, 6.07) is 10.4. The monoisotopic (exact) mass is 514 g/mol. The number of hydrogen-bond acceptors (Lipinski definition) is 5. The van der Waals surface area contributed by atoms with Gasteiger partial charge in [0, 0.05) is 6.54 Å². The van der Waals surface area contributed by atoms with Gasteiger partial charge in [-0.3, -0.25) is 0 Å². The standard InChI is InChI=1S/C26H35AsN2O4/c30-26(31)22(27-18-19-10-13-23-24(17-19)33-16-15-32-23)9-5-3-1-2-4-8-21-12-11-20-7-6-14-28-25(20)29-21/h10-13,17,22,27H,1-9,14-16,18H2,(H,28,29)(H,30,31). The first-order chi connectivity index (χ1) is 16.2. The van der Waals surface area contributed by atoms with Crippen molar-refractivity contribution in [1.82, 2.24) is 4.98 Å². The Balaban J connectivity index is 1.11. The molecule has 2 aliphatic rings. The molecule has 0 saturated carbocycles. The van der Waals surface area contributed by atoms with Crippen molar-refractivity contribution in [3.05, 3.63) is 47.2 Å². The first-order valence-corrected chi connectivity index (χ1v) is 15.0. The van der Waals surface area contributed by atoms with E-state index >= 15 is 0 Å². The van der Waals surface area contributed by atoms with Gasteiger partial charge in [0.1, 0.15) is 0 Å². The SMILES string of the molecule is O=C(O)C(CCCCCCCc1ccc2c(n1)NCCC2)[AsH]Cc1ccc2c(c1)OCCO2. The van der Waals surface area contributed by atoms with Gasteiger partial charge in [-0.05, 0) is 12.8 Å². The van der Waals surface area contributed by atoms with E-state index in [2.05, 4.69) is 17.4 Å². The number of aryl methyl sites for hydroxylation is 2. The molecule has 2 aliphatic heterocycles. The maximum atomic E-state index is 11.8. The molecule has 33 heavy (non-hydrogen) atoms. The third kappa shape index (κ3) is 7.14. The van der Waals surface area contributed by atoms with Crippen LogP contribution >= 0.6 is 0 Å². The number of carboxylic acid groups (broad SMARTS) is 1. The zero-order valence-electron chi connectivity index (χ0n) is 19.3. The van der Waals surface area contributed by atoms with Crippen LogP contribution in [0.1, 0.15) is 61.8 Å². The second kappa shape index (κ2) is 12.3. The van der Waals surface area contributed by atoms with E-state index in [-0.39, 0.29) is 4.71 Å². The molecular formula is C26H35AsN2O4. The summed E-state index contributed by atoms with van der Waals surface area (Å²) in [5.74, 6) is 2.04. The minimum atomic E-state index is -0.625. The number of anilines is 1. The van der Waals surface area contributed by atoms with E-state index in [1.807, 2.05) is 18.2 Å². The number of benzene rings is 1. The van der Waals surface area contributed by atoms with Gasteiger partial charge in [0.25, 0.3) is 0 Å². The molecule has 7 heteroatoms. The van der Waals surface area contributed by atoms with Crippen LogP contribution in [0.2, 0.25) is 4.71 Å². The third-order valence-electron chi connectivity index (χ3n) is 6.33. The fourth-order valence-corrected chi connectivity index (χ4v) is 7.14. The summed E-state index contributed by atoms with van der Waals surface area (Å²) in [4.78, 5) is 16.5. The van der Waals surface area contributed by atoms with Crippen molar-refractivity contribution in [3.8, 4) is 11.5 Å². The van der Waals surface area contributed by atoms with Gasteiger partial charge in [0.15, 0.2) is 0 Å². The van der Waals surface area contributed by atoms with Gasteiger partial charge in [-0.2, -0.15) is 0 Å². The number of unbranched alkanes of at least 4 members (excludes halogenated alkanes) is 4. The number of aliphatic carboxylic acids is 1. The number of rotatable bonds is 12. The van der Waals surface area contributed by atoms with Crippen molar-refractivity contribution in [1.29, 1.82) is 0 Å². The summed E-state index contributed by atoms with van der Waals surface area (Å²) in [6.07, 6.45) is 9.75. The van der Waals surface area contributed by atoms with E-state index in [0.29, 0.717) is 13.2 Å². The van der Waals surface area contributed by atoms with Gasteiger partial charge < -0.3 is 0 Å². The fourth-order valence-electron chi connectivity index (χ4n) is 4.44. The first-order valence-electron chi connectivity index (χ1n) is 12.3. The molecule has 2 N–H and O–H groups in total. The summed E-state index contributed by atoms with van der Waals surface area (Å²) in [5.41, 5.74) is 3.69. The number of carbonyl (C=O) groups is 1. The third-order valence-corrected chi connectivity index (χ3v) is 9.78. The van der Waals surface area contributed by atoms with Gasteiger partial charge in [-0.15, -0.1) is 0 Å². The van der Waals surface area contributed by atoms with Crippen LogP contribution in [0, 0.1) is 0 Å². The van der Waals surface area contributed by atoms with Crippen LogP contribution in [-0.2, 0) is 22.8 Å². The summed E-state index contributed by atoms with van der Waals surface area (Å²) in [7, 11) is 0. The first kappa shape index (κ1) is 23.9. The second-order valence-electron chi connectivity index (χ2n) is 8.90. The average Bonchev–Trinajstić information content (AvgIpc) is 2.84. The van der Waals surface area contributed by atoms with Crippen molar-refractivity contribution >= 4 is 27.5 Å². The molecule has 1 aromatic carbocycles. The number of fused-ring (bicyclic) bond motifs is 2. The number of aromatic nitrogens is 1. The van der Waals surface area contributed by atoms with Crippen molar-refractivity contribution in [2.45, 2.75) is 67.7 Å². The van der Waals surface area contributed by atoms with E-state index in [1.165, 1.54) is 24.1 Å². The van der Waals surface area contributed by atoms with Crippen molar-refractivity contribution in [3.63, 3.8) is 0 Å². The Hall–Kier alpha value is -2.20. The Labute approximate surface area is 203 Å². The van der Waals surface area contributed by atoms with Crippen LogP contribution in [-0.4, -0.2) is 51.6 Å². The maximum absolute atomic E-state index is 11.8. The minimum absolute atomic E-state index is 0.162. The molecule has 0 fully saturated rings. The average molecular weight is 514 g/mol. The molecule has 0 aliphatic carbocycles. The van der Waals surface area contributed by atoms with Gasteiger partial charge in [0.2, 0.25) is 0 Å². The molecule has 2 aromatic rings. The van der Waals surface area contributed by atoms with Gasteiger partial charge >= 0.3 is 184 Å². The van der Waals surface area contributed by atoms with Gasteiger partial charge in [-0.1, -0.05) is 0 Å². The molecule has 0 saturated heterocycles. The predicted molar refractivity (Wildman–Crippen MR) is 132 cm³/mol. The number of ether oxygens (including phenoxy) is 2. The Bertz CT molecular complexity index is 937. The van der Waals surface area contributed by atoms with Crippen LogP contribution in [0.3, 0.4) is 0 Å². The molecule has 6 nitrogen and oxygen atoms in total. The molecule has 2 unspecified atom stereocenters. The molecule has 2 atom stereocenters. The van der Waals surface area contributed by atoms with E-state index in [0.717, 1.165) is 79.6 Å². The summed E-state index contributed by atoms with van der Waals surface area (Å²) in [5, 5.41) is 13.9. The summed E-state index contributed by atoms with van der Waals surface area (Å²) >= 11 is -0.601. The quantitative estimate of drug-likeness (QED) is 0.318. The molecule has 0 amide bonds. The zero-order chi connectivity index (χ0) is 22.9. The molecule has 0 spiro atoms. The Morgan fingerprint density at radius 2 is 1.88 bits per heavy atom. The Kier molecular flexibility index (Phi) is 8.93. The van der Waals surface area contributed by atoms with E-state index in [4.69, 9.17) is 14.5 Å². The van der Waals surface area contributed by atoms with Gasteiger partial charge in [-0.25, -0.2) is 0 Å². The Morgan fingerprint density at radius 3 is 2.76 bits per heavy atom. The molecule has 1 aromatic heterocycles. The molecular weight excluding hydrogens is 479 g/mol. The number of nitrogens with one attached hydrogen (secondary N) is 1. The molecule has 3 heterocycles. The zero-order valence-corrected chi connectivity index (χ0v) is 21.4. The van der Waals surface area contributed by atoms with Crippen molar-refractivity contribution in [2.24, 2.45) is 0 Å². The fraction of sp³-hybridized carbons (Fsp3) is 0.538. The number of pyridine rings is 1. The van der Waals surface area contributed by atoms with Crippen molar-refractivity contribution in [2.75, 3.05) is 25.1 Å². The number of carboxylic acids is 1. The molecule has 0 bridgehead atoms. The van der Waals surface area contributed by atoms with Crippen LogP contribution in [0.5, 0.6) is 11.5 Å². The van der Waals surface area contributed by atoms with E-state index < -0.39 is 21.7 Å². The van der Waals surface area contributed by atoms with Gasteiger partial charge in [0.05, 0.1) is 0 Å². The van der Waals surface area contributed by atoms with Crippen molar-refractivity contribution < 1.29 is 19.4 Å². The number of nitrogens with zero attached hydrogens (tertiary/aromatic N) is 1. The normalized spacial score (nSPS) is 15.8. The van der Waals surface area contributed by atoms with E-state index in [1.54, 1.807) is 0 Å². The predicted octanol–water partition coefficient (Wildman–Crippen LogP) is 4.60. The van der Waals surface area contributed by atoms with Crippen LogP contribution in [0.25, 0.3) is 0 Å². The number of hydrogen-bond donors (Lipinski definition) is 2. The summed E-state index contributed by atoms with van der Waals surface area (Å²) in [6.45, 7) is 2.19. The molecule has 0 radical (unpaired) electrons.